The summed E-state index contributed by atoms with van der Waals surface area (Å²) in [6, 6.07) is 25.5. The van der Waals surface area contributed by atoms with E-state index in [2.05, 4.69) is 252 Å². The lowest BCUT2D eigenvalue weighted by Gasteiger charge is -2.40. The van der Waals surface area contributed by atoms with Crippen LogP contribution in [0.4, 0.5) is 9.59 Å². The first-order valence-corrected chi connectivity index (χ1v) is 69.8. The number of amides is 2. The van der Waals surface area contributed by atoms with Gasteiger partial charge < -0.3 is 86.7 Å². The number of benzene rings is 3. The first-order chi connectivity index (χ1) is 68.5. The van der Waals surface area contributed by atoms with Crippen LogP contribution >= 0.6 is 22.6 Å². The number of nitrogens with zero attached hydrogens (tertiary/aromatic N) is 3. The summed E-state index contributed by atoms with van der Waals surface area (Å²) < 4.78 is 79.4. The molecule has 0 bridgehead atoms. The number of aromatic nitrogens is 6. The van der Waals surface area contributed by atoms with E-state index in [9.17, 15) is 52.7 Å². The Balaban J connectivity index is 0.000000416. The van der Waals surface area contributed by atoms with Gasteiger partial charge in [0.1, 0.15) is 65.9 Å². The maximum Gasteiger partial charge on any atom is 0.408 e. The van der Waals surface area contributed by atoms with Gasteiger partial charge in [0.25, 0.3) is 16.7 Å². The van der Waals surface area contributed by atoms with Crippen molar-refractivity contribution in [1.82, 2.24) is 39.3 Å². The highest BCUT2D eigenvalue weighted by atomic mass is 127. The van der Waals surface area contributed by atoms with Gasteiger partial charge >= 0.3 is 47.2 Å². The van der Waals surface area contributed by atoms with Crippen LogP contribution in [-0.2, 0) is 69.4 Å². The number of carboxylic acid groups (broad SMARTS) is 2. The van der Waals surface area contributed by atoms with Crippen LogP contribution in [-0.4, -0.2) is 205 Å². The molecule has 12 atom stereocenters. The molecule has 6 heterocycles. The Morgan fingerprint density at radius 2 is 0.700 bits per heavy atom. The number of nitrogens with one attached hydrogen (secondary N) is 5. The van der Waals surface area contributed by atoms with Crippen LogP contribution in [0.5, 0.6) is 0 Å². The minimum atomic E-state index is -2.23. The number of carbonyl (C=O) groups is 5. The average Bonchev–Trinajstić information content (AvgIpc) is 1.65. The number of aliphatic carboxylic acids is 2. The van der Waals surface area contributed by atoms with Crippen LogP contribution in [0.25, 0.3) is 0 Å². The zero-order valence-electron chi connectivity index (χ0n) is 96.1. The maximum atomic E-state index is 13.1. The van der Waals surface area contributed by atoms with Crippen LogP contribution in [0.3, 0.4) is 0 Å². The highest BCUT2D eigenvalue weighted by Gasteiger charge is 2.52. The molecule has 42 heteroatoms. The molecule has 3 aliphatic heterocycles. The van der Waals surface area contributed by atoms with Gasteiger partial charge in [-0.2, -0.15) is 0 Å². The number of esters is 1. The van der Waals surface area contributed by atoms with Crippen molar-refractivity contribution in [2.24, 2.45) is 5.73 Å². The van der Waals surface area contributed by atoms with Crippen molar-refractivity contribution >= 4 is 103 Å². The third kappa shape index (κ3) is 42.2. The molecule has 10 N–H and O–H groups in total. The number of aromatic amines is 3. The van der Waals surface area contributed by atoms with Crippen molar-refractivity contribution < 1.29 is 94.3 Å². The van der Waals surface area contributed by atoms with Crippen LogP contribution in [0.15, 0.2) is 138 Å². The maximum absolute atomic E-state index is 13.1. The number of aliphatic hydroxyl groups excluding tert-OH is 1. The van der Waals surface area contributed by atoms with Gasteiger partial charge in [-0.25, -0.2) is 24.0 Å². The topological polar surface area (TPSA) is 471 Å². The molecular formula is C108H176IN9O26Si6. The van der Waals surface area contributed by atoms with Crippen molar-refractivity contribution in [3.63, 3.8) is 0 Å². The first kappa shape index (κ1) is 134. The summed E-state index contributed by atoms with van der Waals surface area (Å²) in [7, 11) is -12.5. The Labute approximate surface area is 907 Å². The molecule has 6 aromatic rings. The molecule has 0 saturated carbocycles. The highest BCUT2D eigenvalue weighted by Crippen LogP contribution is 2.47. The van der Waals surface area contributed by atoms with E-state index in [1.165, 1.54) is 26.1 Å². The van der Waals surface area contributed by atoms with Crippen molar-refractivity contribution in [3.8, 4) is 23.7 Å². The number of hydrogen-bond acceptors (Lipinski definition) is 25. The van der Waals surface area contributed by atoms with E-state index in [-0.39, 0.29) is 110 Å². The monoisotopic (exact) mass is 2310 g/mol. The number of hydrogen-bond donors (Lipinski definition) is 9. The molecule has 12 unspecified atom stereocenters. The average molecular weight is 2310 g/mol. The molecule has 0 aliphatic carbocycles. The number of aliphatic hydroxyl groups is 1. The number of halogens is 1. The molecule has 0 radical (unpaired) electrons. The van der Waals surface area contributed by atoms with E-state index in [1.54, 1.807) is 96.3 Å². The Hall–Kier alpha value is -8.64. The van der Waals surface area contributed by atoms with Gasteiger partial charge in [0, 0.05) is 43.9 Å². The van der Waals surface area contributed by atoms with Gasteiger partial charge in [-0.15, -0.1) is 0 Å². The van der Waals surface area contributed by atoms with Crippen molar-refractivity contribution in [2.45, 2.75) is 412 Å². The molecular weight excluding hydrogens is 2130 g/mol. The Kier molecular flexibility index (Phi) is 49.6. The molecule has 3 aromatic carbocycles. The zero-order chi connectivity index (χ0) is 115. The van der Waals surface area contributed by atoms with Gasteiger partial charge in [0.2, 0.25) is 0 Å². The molecule has 2 amide bonds. The van der Waals surface area contributed by atoms with Gasteiger partial charge in [-0.05, 0) is 190 Å². The smallest absolute Gasteiger partial charge is 0.408 e. The second kappa shape index (κ2) is 55.6. The Morgan fingerprint density at radius 3 is 0.987 bits per heavy atom. The minimum Gasteiger partial charge on any atom is -0.481 e. The van der Waals surface area contributed by atoms with E-state index in [4.69, 9.17) is 76.0 Å². The fourth-order valence-corrected chi connectivity index (χ4v) is 21.0. The number of carbonyl (C=O) groups excluding carboxylic acids is 3. The lowest BCUT2D eigenvalue weighted by atomic mass is 10.0. The summed E-state index contributed by atoms with van der Waals surface area (Å²) in [6.07, 6.45) is 0.395. The van der Waals surface area contributed by atoms with Crippen LogP contribution in [0.1, 0.15) is 283 Å². The van der Waals surface area contributed by atoms with Crippen LogP contribution in [0, 0.1) is 27.3 Å². The Bertz CT molecular complexity index is 5890. The third-order valence-electron chi connectivity index (χ3n) is 28.3. The van der Waals surface area contributed by atoms with Crippen molar-refractivity contribution in [1.29, 1.82) is 0 Å². The third-order valence-corrected chi connectivity index (χ3v) is 56.1. The molecule has 0 spiro atoms. The van der Waals surface area contributed by atoms with Gasteiger partial charge in [0.15, 0.2) is 56.5 Å². The van der Waals surface area contributed by atoms with Gasteiger partial charge in [-0.1, -0.05) is 253 Å². The van der Waals surface area contributed by atoms with E-state index in [0.717, 1.165) is 11.1 Å². The van der Waals surface area contributed by atoms with Crippen molar-refractivity contribution in [2.75, 3.05) is 33.0 Å². The summed E-state index contributed by atoms with van der Waals surface area (Å²) in [5, 5.41) is 31.8. The van der Waals surface area contributed by atoms with Gasteiger partial charge in [0.05, 0.1) is 73.0 Å². The fraction of sp³-hybridized carbons (Fsp3) is 0.639. The molecule has 3 fully saturated rings. The summed E-state index contributed by atoms with van der Waals surface area (Å²) in [5.74, 6) is 8.00. The molecule has 840 valence electrons. The Morgan fingerprint density at radius 1 is 0.420 bits per heavy atom. The van der Waals surface area contributed by atoms with Crippen LogP contribution in [0.2, 0.25) is 109 Å². The predicted molar refractivity (Wildman–Crippen MR) is 611 cm³/mol. The largest absolute Gasteiger partial charge is 0.481 e. The number of alkyl carbamates (subject to hydrolysis) is 2. The number of nitrogens with two attached hydrogens (primary N) is 1. The van der Waals surface area contributed by atoms with E-state index < -0.39 is 162 Å². The molecule has 9 rings (SSSR count). The van der Waals surface area contributed by atoms with E-state index >= 15 is 0 Å². The quantitative estimate of drug-likeness (QED) is 0.00665. The summed E-state index contributed by atoms with van der Waals surface area (Å²) in [6.45, 7) is 80.8. The molecule has 3 aromatic heterocycles. The zero-order valence-corrected chi connectivity index (χ0v) is 104. The highest BCUT2D eigenvalue weighted by molar-refractivity contribution is 14.1. The van der Waals surface area contributed by atoms with Crippen molar-refractivity contribution in [3.05, 3.63) is 203 Å². The summed E-state index contributed by atoms with van der Waals surface area (Å²) >= 11 is 1.93. The lowest BCUT2D eigenvalue weighted by Crippen LogP contribution is -2.48. The normalized spacial score (nSPS) is 19.0. The predicted octanol–water partition coefficient (Wildman–Crippen LogP) is 20.1. The number of H-pyrrole nitrogens is 3. The van der Waals surface area contributed by atoms with E-state index in [0.29, 0.717) is 48.2 Å². The number of rotatable bonds is 30. The lowest BCUT2D eigenvalue weighted by molar-refractivity contribution is -0.143. The summed E-state index contributed by atoms with van der Waals surface area (Å²) in [5.41, 5.74) is 3.37. The molecule has 35 nitrogen and oxygen atoms in total. The fourth-order valence-electron chi connectivity index (χ4n) is 13.4. The first-order valence-electron chi connectivity index (χ1n) is 51.2. The standard InChI is InChI=1S/C38H59N3O9Si2.C24H42N2O6Si2.C21H39IN2O5Si2.C14H19NO4.C9H11NO2.C2H6/c1-36(2,3)49-35(45)39-28(26-18-15-14-16-19-26)22-32(42)46-21-17-20-27-24-41(34(44)40-33(27)43)31-23-29(50-52(12,13)38(7,8)9)30(48-31)25-47-51(10,11)37(4,5)6;1-23(2,3)33(7,8)30-16-19-18(32-34(9,10)24(4,5)6)14-20(31-19)26-15-17(12-11-13-27)21(28)25-22(26)29;1-20(2,3)30(7,8)27-13-16-15(29-31(9,10)21(4,5)6)11-17(28-16)24-12-14(22)18(25)23-19(24)26;1-14(2,3)19-13(18)15-11(9-12(16)17)10-7-5-4-6-8-10;10-8(6-9(11)12)7-4-2-1-3-5-7;1-2/h14-16,18-19,24,28-31H,21-23,25H2,1-13H3,(H,39,45)(H,40,43,44);15,18-20,27H,13-14,16H2,1-10H3,(H,25,28,29);12,15-17H,11,13H2,1-10H3,(H,23,25,26);4-8,11H,9H2,1-3H3,(H,15,18)(H,16,17);1-5,8H,6,10H2,(H,11,12);1-2H3. The second-order valence-corrected chi connectivity index (χ2v) is 78.5. The molecule has 150 heavy (non-hydrogen) atoms. The van der Waals surface area contributed by atoms with E-state index in [1.807, 2.05) is 78.9 Å². The molecule has 3 aliphatic rings. The van der Waals surface area contributed by atoms with Gasteiger partial charge in [-0.3, -0.25) is 57.4 Å². The number of ether oxygens (including phenoxy) is 6. The number of carboxylic acids is 2. The van der Waals surface area contributed by atoms with Crippen LogP contribution < -0.4 is 50.1 Å². The molecule has 3 saturated heterocycles. The summed E-state index contributed by atoms with van der Waals surface area (Å²) in [4.78, 5) is 140. The second-order valence-electron chi connectivity index (χ2n) is 48.7. The minimum absolute atomic E-state index is 0.000873. The SMILES string of the molecule is CC.CC(C)(C)OC(=O)NC(CC(=O)O)c1ccccc1.CC(C)(C)OC(=O)NC(CC(=O)OCC#Cc1cn(C2CC(O[Si](C)(C)C(C)(C)C)C(CO[Si](C)(C)C(C)(C)C)O2)c(=O)[nH]c1=O)c1ccccc1.CC(C)(C)[Si](C)(C)OCC1OC(n2cc(C#CCO)c(=O)[nH]c2=O)CC1O[Si](C)(C)C(C)(C)C.CC(C)(C)[Si](C)(C)OCC1OC(n2cc(I)c(=O)[nH]c2=O)CC1O[Si](C)(C)C(C)(C)C.NC(CC(=O)O)c1ccccc1.